The monoisotopic (exact) mass is 360 g/mol. The van der Waals surface area contributed by atoms with Crippen LogP contribution in [-0.4, -0.2) is 59.4 Å². The lowest BCUT2D eigenvalue weighted by molar-refractivity contribution is 0.163. The molecule has 1 aromatic rings. The van der Waals surface area contributed by atoms with Crippen molar-refractivity contribution in [3.63, 3.8) is 0 Å². The summed E-state index contributed by atoms with van der Waals surface area (Å²) in [7, 11) is 1.86. The Morgan fingerprint density at radius 1 is 1.35 bits per heavy atom. The topological polar surface area (TPSA) is 57.5 Å². The first-order valence-electron chi connectivity index (χ1n) is 10.3. The molecular formula is C20H36N6. The summed E-state index contributed by atoms with van der Waals surface area (Å²) < 4.78 is 2.10. The molecule has 2 atom stereocenters. The van der Waals surface area contributed by atoms with E-state index in [1.807, 2.05) is 7.05 Å². The van der Waals surface area contributed by atoms with Gasteiger partial charge >= 0.3 is 0 Å². The fraction of sp³-hybridized carbons (Fsp3) is 0.800. The lowest BCUT2D eigenvalue weighted by Gasteiger charge is -2.33. The van der Waals surface area contributed by atoms with Gasteiger partial charge < -0.3 is 10.6 Å². The van der Waals surface area contributed by atoms with Crippen LogP contribution in [0.5, 0.6) is 0 Å². The van der Waals surface area contributed by atoms with Gasteiger partial charge in [0, 0.05) is 50.9 Å². The molecule has 0 saturated carbocycles. The third kappa shape index (κ3) is 4.78. The van der Waals surface area contributed by atoms with Crippen LogP contribution in [0, 0.1) is 0 Å². The van der Waals surface area contributed by atoms with E-state index in [-0.39, 0.29) is 0 Å². The summed E-state index contributed by atoms with van der Waals surface area (Å²) in [6, 6.07) is 1.56. The Kier molecular flexibility index (Phi) is 6.57. The van der Waals surface area contributed by atoms with Crippen molar-refractivity contribution in [2.24, 2.45) is 4.99 Å². The Morgan fingerprint density at radius 3 is 2.92 bits per heavy atom. The first-order chi connectivity index (χ1) is 12.6. The minimum atomic E-state index is 0.415. The van der Waals surface area contributed by atoms with Gasteiger partial charge in [-0.15, -0.1) is 0 Å². The lowest BCUT2D eigenvalue weighted by Crippen LogP contribution is -2.48. The Bertz CT molecular complexity index is 605. The molecule has 1 fully saturated rings. The SMILES string of the molecule is CN=C(NCCN1CCCCC1C)NC1CCc2cn(C(C)C)nc2C1. The Hall–Kier alpha value is -1.56. The highest BCUT2D eigenvalue weighted by Gasteiger charge is 2.23. The molecule has 0 radical (unpaired) electrons. The Morgan fingerprint density at radius 2 is 2.19 bits per heavy atom. The van der Waals surface area contributed by atoms with Crippen LogP contribution in [0.25, 0.3) is 0 Å². The van der Waals surface area contributed by atoms with E-state index in [0.29, 0.717) is 18.1 Å². The molecule has 2 heterocycles. The van der Waals surface area contributed by atoms with Gasteiger partial charge in [-0.05, 0) is 58.6 Å². The van der Waals surface area contributed by atoms with E-state index in [1.165, 1.54) is 37.1 Å². The van der Waals surface area contributed by atoms with Crippen LogP contribution in [-0.2, 0) is 12.8 Å². The fourth-order valence-electron chi connectivity index (χ4n) is 4.10. The predicted octanol–water partition coefficient (Wildman–Crippen LogP) is 2.36. The van der Waals surface area contributed by atoms with Gasteiger partial charge in [0.15, 0.2) is 5.96 Å². The summed E-state index contributed by atoms with van der Waals surface area (Å²) in [6.07, 6.45) is 9.50. The number of hydrogen-bond acceptors (Lipinski definition) is 3. The van der Waals surface area contributed by atoms with Crippen molar-refractivity contribution in [2.45, 2.75) is 77.4 Å². The number of aliphatic imine (C=N–C) groups is 1. The van der Waals surface area contributed by atoms with Gasteiger partial charge in [0.1, 0.15) is 0 Å². The number of likely N-dealkylation sites (tertiary alicyclic amines) is 1. The van der Waals surface area contributed by atoms with Crippen LogP contribution in [0.15, 0.2) is 11.2 Å². The van der Waals surface area contributed by atoms with Gasteiger partial charge in [-0.1, -0.05) is 6.42 Å². The maximum atomic E-state index is 4.78. The molecule has 0 bridgehead atoms. The normalized spacial score (nSPS) is 24.6. The van der Waals surface area contributed by atoms with Gasteiger partial charge in [0.05, 0.1) is 5.69 Å². The number of fused-ring (bicyclic) bond motifs is 1. The van der Waals surface area contributed by atoms with Crippen LogP contribution in [0.3, 0.4) is 0 Å². The molecule has 1 aromatic heterocycles. The zero-order valence-corrected chi connectivity index (χ0v) is 17.0. The van der Waals surface area contributed by atoms with E-state index in [9.17, 15) is 0 Å². The summed E-state index contributed by atoms with van der Waals surface area (Å²) in [5, 5.41) is 11.9. The van der Waals surface area contributed by atoms with Crippen LogP contribution in [0.2, 0.25) is 0 Å². The van der Waals surface area contributed by atoms with Crippen LogP contribution in [0.4, 0.5) is 0 Å². The Balaban J connectivity index is 1.46. The van der Waals surface area contributed by atoms with E-state index in [4.69, 9.17) is 5.10 Å². The molecule has 2 aliphatic rings. The summed E-state index contributed by atoms with van der Waals surface area (Å²) in [5.41, 5.74) is 2.67. The minimum absolute atomic E-state index is 0.415. The molecule has 1 aliphatic carbocycles. The van der Waals surface area contributed by atoms with Crippen LogP contribution >= 0.6 is 0 Å². The smallest absolute Gasteiger partial charge is 0.191 e. The molecule has 146 valence electrons. The molecule has 26 heavy (non-hydrogen) atoms. The van der Waals surface area contributed by atoms with E-state index < -0.39 is 0 Å². The number of guanidine groups is 1. The van der Waals surface area contributed by atoms with E-state index in [2.05, 4.69) is 52.2 Å². The zero-order valence-electron chi connectivity index (χ0n) is 17.0. The standard InChI is InChI=1S/C20H36N6/c1-15(2)26-14-17-8-9-18(13-19(17)24-26)23-20(21-4)22-10-12-25-11-6-5-7-16(25)3/h14-16,18H,5-13H2,1-4H3,(H2,21,22,23). The summed E-state index contributed by atoms with van der Waals surface area (Å²) in [5.74, 6) is 0.923. The second-order valence-electron chi connectivity index (χ2n) is 8.14. The number of aryl methyl sites for hydroxylation is 1. The summed E-state index contributed by atoms with van der Waals surface area (Å²) >= 11 is 0. The lowest BCUT2D eigenvalue weighted by atomic mass is 9.94. The fourth-order valence-corrected chi connectivity index (χ4v) is 4.10. The molecule has 6 nitrogen and oxygen atoms in total. The summed E-state index contributed by atoms with van der Waals surface area (Å²) in [4.78, 5) is 7.02. The van der Waals surface area contributed by atoms with E-state index in [1.54, 1.807) is 0 Å². The Labute approximate surface area is 158 Å². The largest absolute Gasteiger partial charge is 0.355 e. The van der Waals surface area contributed by atoms with Gasteiger partial charge in [-0.2, -0.15) is 5.10 Å². The number of hydrogen-bond donors (Lipinski definition) is 2. The number of rotatable bonds is 5. The molecule has 3 rings (SSSR count). The van der Waals surface area contributed by atoms with Gasteiger partial charge in [-0.25, -0.2) is 0 Å². The molecule has 2 N–H and O–H groups in total. The minimum Gasteiger partial charge on any atom is -0.355 e. The van der Waals surface area contributed by atoms with Crippen LogP contribution < -0.4 is 10.6 Å². The highest BCUT2D eigenvalue weighted by atomic mass is 15.3. The van der Waals surface area contributed by atoms with Crippen molar-refractivity contribution in [3.8, 4) is 0 Å². The van der Waals surface area contributed by atoms with Crippen LogP contribution in [0.1, 0.15) is 63.8 Å². The zero-order chi connectivity index (χ0) is 18.5. The third-order valence-corrected chi connectivity index (χ3v) is 5.82. The van der Waals surface area contributed by atoms with Crippen molar-refractivity contribution in [1.29, 1.82) is 0 Å². The number of nitrogens with zero attached hydrogens (tertiary/aromatic N) is 4. The maximum Gasteiger partial charge on any atom is 0.191 e. The van der Waals surface area contributed by atoms with Crippen molar-refractivity contribution < 1.29 is 0 Å². The third-order valence-electron chi connectivity index (χ3n) is 5.82. The average Bonchev–Trinajstić information content (AvgIpc) is 3.06. The molecule has 1 aliphatic heterocycles. The predicted molar refractivity (Wildman–Crippen MR) is 108 cm³/mol. The maximum absolute atomic E-state index is 4.78. The molecule has 0 aromatic carbocycles. The van der Waals surface area contributed by atoms with Crippen molar-refractivity contribution in [2.75, 3.05) is 26.7 Å². The molecule has 0 spiro atoms. The molecule has 2 unspecified atom stereocenters. The molecular weight excluding hydrogens is 324 g/mol. The second kappa shape index (κ2) is 8.89. The number of aromatic nitrogens is 2. The summed E-state index contributed by atoms with van der Waals surface area (Å²) in [6.45, 7) is 9.99. The molecule has 1 saturated heterocycles. The highest BCUT2D eigenvalue weighted by Crippen LogP contribution is 2.21. The van der Waals surface area contributed by atoms with Crippen molar-refractivity contribution in [1.82, 2.24) is 25.3 Å². The van der Waals surface area contributed by atoms with E-state index in [0.717, 1.165) is 38.3 Å². The van der Waals surface area contributed by atoms with Gasteiger partial charge in [-0.3, -0.25) is 14.6 Å². The van der Waals surface area contributed by atoms with Gasteiger partial charge in [0.25, 0.3) is 0 Å². The molecule has 0 amide bonds. The number of piperidine rings is 1. The quantitative estimate of drug-likeness (QED) is 0.625. The van der Waals surface area contributed by atoms with Crippen molar-refractivity contribution in [3.05, 3.63) is 17.5 Å². The highest BCUT2D eigenvalue weighted by molar-refractivity contribution is 5.80. The van der Waals surface area contributed by atoms with Gasteiger partial charge in [0.2, 0.25) is 0 Å². The molecule has 6 heteroatoms. The second-order valence-corrected chi connectivity index (χ2v) is 8.14. The number of nitrogens with one attached hydrogen (secondary N) is 2. The first-order valence-corrected chi connectivity index (χ1v) is 10.3. The van der Waals surface area contributed by atoms with E-state index >= 15 is 0 Å². The first kappa shape index (κ1) is 19.2. The van der Waals surface area contributed by atoms with Crippen molar-refractivity contribution >= 4 is 5.96 Å². The average molecular weight is 361 g/mol.